The van der Waals surface area contributed by atoms with E-state index in [1.54, 1.807) is 0 Å². The van der Waals surface area contributed by atoms with Crippen LogP contribution in [0, 0.1) is 43.4 Å². The largest absolute Gasteiger partial charge is 0.512 e. The molecular formula is C63H63IrN3O3Si-2. The fourth-order valence-electron chi connectivity index (χ4n) is 10.3. The molecule has 363 valence electrons. The molecule has 10 rings (SSSR count). The van der Waals surface area contributed by atoms with Crippen molar-refractivity contribution >= 4 is 73.4 Å². The number of furan rings is 1. The van der Waals surface area contributed by atoms with Crippen molar-refractivity contribution < 1.29 is 34.4 Å². The van der Waals surface area contributed by atoms with Crippen molar-refractivity contribution in [2.75, 3.05) is 0 Å². The summed E-state index contributed by atoms with van der Waals surface area (Å²) in [5.74, 6) is 1.22. The predicted molar refractivity (Wildman–Crippen MR) is 295 cm³/mol. The van der Waals surface area contributed by atoms with Crippen LogP contribution in [-0.2, 0) is 31.3 Å². The molecule has 0 saturated heterocycles. The maximum absolute atomic E-state index is 11.7. The summed E-state index contributed by atoms with van der Waals surface area (Å²) < 4.78 is 6.36. The average Bonchev–Trinajstić information content (AvgIpc) is 3.86. The fraction of sp³-hybridized carbons (Fsp3) is 0.270. The number of fused-ring (bicyclic) bond motifs is 9. The summed E-state index contributed by atoms with van der Waals surface area (Å²) in [5, 5.41) is 19.5. The number of nitrogens with zero attached hydrogens (tertiary/aromatic N) is 3. The summed E-state index contributed by atoms with van der Waals surface area (Å²) in [6.07, 6.45) is 9.82. The normalized spacial score (nSPS) is 12.6. The number of aryl methyl sites for hydroxylation is 1. The number of allylic oxidation sites excluding steroid dienone is 2. The van der Waals surface area contributed by atoms with Gasteiger partial charge < -0.3 is 19.5 Å². The molecule has 0 aliphatic carbocycles. The van der Waals surface area contributed by atoms with Gasteiger partial charge in [0.1, 0.15) is 13.7 Å². The number of para-hydroxylation sites is 1. The van der Waals surface area contributed by atoms with Gasteiger partial charge in [-0.1, -0.05) is 144 Å². The van der Waals surface area contributed by atoms with Crippen molar-refractivity contribution in [2.45, 2.75) is 93.7 Å². The molecule has 8 heteroatoms. The summed E-state index contributed by atoms with van der Waals surface area (Å²) >= 11 is 0. The van der Waals surface area contributed by atoms with E-state index in [9.17, 15) is 9.90 Å². The van der Waals surface area contributed by atoms with Gasteiger partial charge in [0.25, 0.3) is 0 Å². The van der Waals surface area contributed by atoms with E-state index >= 15 is 0 Å². The van der Waals surface area contributed by atoms with Gasteiger partial charge in [0.15, 0.2) is 11.5 Å². The number of carbonyl (C=O) groups excluding carboxylic acids is 1. The van der Waals surface area contributed by atoms with Crippen LogP contribution < -0.4 is 10.4 Å². The zero-order chi connectivity index (χ0) is 49.7. The molecule has 0 atom stereocenters. The number of ketones is 1. The van der Waals surface area contributed by atoms with Gasteiger partial charge >= 0.3 is 0 Å². The number of benzene rings is 6. The summed E-state index contributed by atoms with van der Waals surface area (Å²) in [5.41, 5.74) is 11.1. The van der Waals surface area contributed by atoms with Crippen LogP contribution in [0.15, 0.2) is 144 Å². The van der Waals surface area contributed by atoms with Crippen molar-refractivity contribution in [2.24, 2.45) is 17.8 Å². The Morgan fingerprint density at radius 3 is 2.18 bits per heavy atom. The van der Waals surface area contributed by atoms with Gasteiger partial charge in [-0.05, 0) is 111 Å². The van der Waals surface area contributed by atoms with Crippen molar-refractivity contribution in [1.29, 1.82) is 0 Å². The summed E-state index contributed by atoms with van der Waals surface area (Å²) in [4.78, 5) is 25.0. The summed E-state index contributed by atoms with van der Waals surface area (Å²) in [7, 11) is -2.01. The zero-order valence-electron chi connectivity index (χ0n) is 42.4. The topological polar surface area (TPSA) is 80.6 Å². The second kappa shape index (κ2) is 22.7. The SMILES string of the molecule is CC(C)Cc1ccc2c(-c3[c-]cccc3)nccc2c1.CCC(CC)C(=O)/C=C(\O)C(CC)CC.[C-]#[N+]c1cccc2c1-c1ccc3c(-c4[c-]c(C)cc5c4oc4ccccc45)nccc3c1[Si]2(C)C.[Ir]. The first-order chi connectivity index (χ1) is 33.8. The predicted octanol–water partition coefficient (Wildman–Crippen LogP) is 16.0. The number of aromatic nitrogens is 2. The third-order valence-electron chi connectivity index (χ3n) is 14.0. The van der Waals surface area contributed by atoms with Gasteiger partial charge in [0.05, 0.1) is 17.9 Å². The monoisotopic (exact) mass is 1130 g/mol. The molecule has 4 heterocycles. The van der Waals surface area contributed by atoms with Gasteiger partial charge in [0, 0.05) is 55.8 Å². The van der Waals surface area contributed by atoms with Crippen LogP contribution in [0.5, 0.6) is 0 Å². The second-order valence-electron chi connectivity index (χ2n) is 19.4. The van der Waals surface area contributed by atoms with Gasteiger partial charge in [0.2, 0.25) is 0 Å². The Kier molecular flexibility index (Phi) is 16.7. The zero-order valence-corrected chi connectivity index (χ0v) is 45.8. The molecule has 71 heavy (non-hydrogen) atoms. The van der Waals surface area contributed by atoms with Crippen LogP contribution in [0.2, 0.25) is 13.1 Å². The second-order valence-corrected chi connectivity index (χ2v) is 23.7. The average molecular weight is 1130 g/mol. The van der Waals surface area contributed by atoms with E-state index in [1.165, 1.54) is 43.7 Å². The van der Waals surface area contributed by atoms with E-state index in [0.29, 0.717) is 5.92 Å². The minimum absolute atomic E-state index is 0. The Labute approximate surface area is 434 Å². The van der Waals surface area contributed by atoms with Crippen LogP contribution in [0.25, 0.3) is 82.0 Å². The molecule has 1 aliphatic rings. The van der Waals surface area contributed by atoms with Gasteiger partial charge in [-0.3, -0.25) is 4.79 Å². The van der Waals surface area contributed by atoms with Gasteiger partial charge in [-0.2, -0.15) is 0 Å². The first-order valence-corrected chi connectivity index (χ1v) is 27.9. The Hall–Kier alpha value is -6.49. The molecule has 1 aliphatic heterocycles. The molecule has 6 aromatic carbocycles. The molecule has 3 aromatic heterocycles. The number of pyridine rings is 2. The summed E-state index contributed by atoms with van der Waals surface area (Å²) in [6, 6.07) is 46.6. The maximum Gasteiger partial charge on any atom is 0.194 e. The van der Waals surface area contributed by atoms with Crippen molar-refractivity contribution in [1.82, 2.24) is 9.97 Å². The molecule has 1 N–H and O–H groups in total. The molecule has 0 unspecified atom stereocenters. The number of aliphatic hydroxyl groups is 1. The van der Waals surface area contributed by atoms with Crippen LogP contribution in [0.4, 0.5) is 5.69 Å². The summed E-state index contributed by atoms with van der Waals surface area (Å²) in [6.45, 7) is 27.2. The minimum atomic E-state index is -2.01. The molecule has 0 fully saturated rings. The van der Waals surface area contributed by atoms with E-state index in [4.69, 9.17) is 16.0 Å². The minimum Gasteiger partial charge on any atom is -0.512 e. The number of aliphatic hydroxyl groups excluding tert-OH is 1. The van der Waals surface area contributed by atoms with E-state index < -0.39 is 8.07 Å². The molecule has 0 amide bonds. The van der Waals surface area contributed by atoms with Crippen LogP contribution in [0.3, 0.4) is 0 Å². The van der Waals surface area contributed by atoms with Crippen molar-refractivity contribution in [3.63, 3.8) is 0 Å². The van der Waals surface area contributed by atoms with Crippen molar-refractivity contribution in [3.05, 3.63) is 174 Å². The van der Waals surface area contributed by atoms with E-state index in [2.05, 4.69) is 123 Å². The van der Waals surface area contributed by atoms with E-state index in [0.717, 1.165) is 98.8 Å². The van der Waals surface area contributed by atoms with Crippen LogP contribution >= 0.6 is 0 Å². The molecule has 0 bridgehead atoms. The molecule has 1 radical (unpaired) electrons. The Bertz CT molecular complexity index is 3430. The number of rotatable bonds is 11. The number of hydrogen-bond donors (Lipinski definition) is 1. The van der Waals surface area contributed by atoms with Crippen LogP contribution in [-0.4, -0.2) is 28.9 Å². The quantitative estimate of drug-likeness (QED) is 0.0604. The van der Waals surface area contributed by atoms with Gasteiger partial charge in [-0.15, -0.1) is 53.6 Å². The van der Waals surface area contributed by atoms with Crippen molar-refractivity contribution in [3.8, 4) is 33.6 Å². The van der Waals surface area contributed by atoms with Gasteiger partial charge in [-0.25, -0.2) is 4.85 Å². The molecule has 9 aromatic rings. The third kappa shape index (κ3) is 10.6. The first kappa shape index (κ1) is 52.3. The first-order valence-electron chi connectivity index (χ1n) is 24.9. The van der Waals surface area contributed by atoms with E-state index in [1.807, 2.05) is 88.6 Å². The molecule has 0 saturated carbocycles. The Morgan fingerprint density at radius 1 is 0.775 bits per heavy atom. The molecular weight excluding hydrogens is 1070 g/mol. The Balaban J connectivity index is 0.000000175. The third-order valence-corrected chi connectivity index (χ3v) is 17.5. The van der Waals surface area contributed by atoms with E-state index in [-0.39, 0.29) is 43.5 Å². The molecule has 6 nitrogen and oxygen atoms in total. The molecule has 0 spiro atoms. The number of carbonyl (C=O) groups is 1. The number of hydrogen-bond acceptors (Lipinski definition) is 5. The fourth-order valence-corrected chi connectivity index (χ4v) is 13.8. The maximum atomic E-state index is 11.7. The smallest absolute Gasteiger partial charge is 0.194 e. The Morgan fingerprint density at radius 2 is 1.48 bits per heavy atom. The van der Waals surface area contributed by atoms with Crippen LogP contribution in [0.1, 0.15) is 78.4 Å². The standard InChI is InChI=1S/C31H21N2OSi.C19H18N.C13H24O2.Ir/c1-18-16-23-19-8-5-6-10-26(19)34-30(23)24(17-18)29-20-12-13-22-28-25(32-2)9-7-11-27(28)35(3,4)31(22)21(20)14-15-33-29;1-14(2)12-15-8-9-18-17(13-15)10-11-20-19(18)16-6-4-3-5-7-16;1-5-10(6-2)12(14)9-13(15)11(7-3)8-4;/h5-16H,1,3-4H3;3-6,8-11,13-14H,12H2,1-2H3;9-11,14H,5-8H2,1-4H3;/q2*-1;;/b;;12-9-;.